The summed E-state index contributed by atoms with van der Waals surface area (Å²) in [6, 6.07) is 4.40. The zero-order valence-electron chi connectivity index (χ0n) is 10.3. The zero-order chi connectivity index (χ0) is 11.4. The fourth-order valence-corrected chi connectivity index (χ4v) is 1.96. The van der Waals surface area contributed by atoms with Gasteiger partial charge in [-0.1, -0.05) is 17.7 Å². The van der Waals surface area contributed by atoms with Crippen LogP contribution in [0.1, 0.15) is 22.3 Å². The van der Waals surface area contributed by atoms with Crippen LogP contribution >= 0.6 is 0 Å². The molecule has 2 heteroatoms. The summed E-state index contributed by atoms with van der Waals surface area (Å²) >= 11 is 0. The predicted octanol–water partition coefficient (Wildman–Crippen LogP) is 2.77. The topological polar surface area (TPSA) is 18.5 Å². The van der Waals surface area contributed by atoms with Gasteiger partial charge in [0.2, 0.25) is 0 Å². The van der Waals surface area contributed by atoms with Crippen LogP contribution in [0, 0.1) is 20.8 Å². The Hall–Kier alpha value is -0.860. The van der Waals surface area contributed by atoms with Gasteiger partial charge in [0.05, 0.1) is 0 Å². The van der Waals surface area contributed by atoms with Crippen molar-refractivity contribution in [3.63, 3.8) is 0 Å². The Morgan fingerprint density at radius 1 is 1.00 bits per heavy atom. The summed E-state index contributed by atoms with van der Waals surface area (Å²) in [5, 5.41) is 0. The summed E-state index contributed by atoms with van der Waals surface area (Å²) in [5.41, 5.74) is 5.26. The van der Waals surface area contributed by atoms with Crippen LogP contribution in [-0.4, -0.2) is 20.5 Å². The van der Waals surface area contributed by atoms with Crippen molar-refractivity contribution in [2.45, 2.75) is 33.5 Å². The first-order valence-electron chi connectivity index (χ1n) is 5.20. The van der Waals surface area contributed by atoms with Gasteiger partial charge in [0, 0.05) is 20.6 Å². The minimum atomic E-state index is -0.148. The average Bonchev–Trinajstić information content (AvgIpc) is 2.17. The first-order chi connectivity index (χ1) is 7.08. The highest BCUT2D eigenvalue weighted by atomic mass is 16.7. The molecule has 1 aromatic carbocycles. The number of ether oxygens (including phenoxy) is 2. The Labute approximate surface area is 92.2 Å². The minimum Gasteiger partial charge on any atom is -0.356 e. The lowest BCUT2D eigenvalue weighted by Crippen LogP contribution is -2.17. The van der Waals surface area contributed by atoms with E-state index < -0.39 is 0 Å². The molecule has 15 heavy (non-hydrogen) atoms. The fraction of sp³-hybridized carbons (Fsp3) is 0.538. The SMILES string of the molecule is COC(Cc1c(C)cc(C)cc1C)OC. The molecule has 0 aromatic heterocycles. The summed E-state index contributed by atoms with van der Waals surface area (Å²) in [5.74, 6) is 0. The fourth-order valence-electron chi connectivity index (χ4n) is 1.96. The standard InChI is InChI=1S/C13H20O2/c1-9-6-10(2)12(11(3)7-9)8-13(14-4)15-5/h6-7,13H,8H2,1-5H3. The summed E-state index contributed by atoms with van der Waals surface area (Å²) in [6.45, 7) is 6.39. The van der Waals surface area contributed by atoms with E-state index in [0.717, 1.165) is 6.42 Å². The van der Waals surface area contributed by atoms with Gasteiger partial charge >= 0.3 is 0 Å². The smallest absolute Gasteiger partial charge is 0.160 e. The molecule has 1 aromatic rings. The molecule has 0 heterocycles. The molecule has 0 saturated carbocycles. The third-order valence-electron chi connectivity index (χ3n) is 2.74. The van der Waals surface area contributed by atoms with Gasteiger partial charge in [0.25, 0.3) is 0 Å². The lowest BCUT2D eigenvalue weighted by atomic mass is 9.97. The molecule has 0 aliphatic carbocycles. The lowest BCUT2D eigenvalue weighted by Gasteiger charge is -2.17. The number of aryl methyl sites for hydroxylation is 3. The highest BCUT2D eigenvalue weighted by Crippen LogP contribution is 2.18. The van der Waals surface area contributed by atoms with Crippen molar-refractivity contribution < 1.29 is 9.47 Å². The van der Waals surface area contributed by atoms with Gasteiger partial charge in [0.15, 0.2) is 6.29 Å². The summed E-state index contributed by atoms with van der Waals surface area (Å²) in [4.78, 5) is 0. The maximum Gasteiger partial charge on any atom is 0.160 e. The van der Waals surface area contributed by atoms with Gasteiger partial charge in [-0.25, -0.2) is 0 Å². The zero-order valence-corrected chi connectivity index (χ0v) is 10.3. The van der Waals surface area contributed by atoms with E-state index in [0.29, 0.717) is 0 Å². The van der Waals surface area contributed by atoms with Crippen molar-refractivity contribution in [3.8, 4) is 0 Å². The van der Waals surface area contributed by atoms with E-state index in [9.17, 15) is 0 Å². The van der Waals surface area contributed by atoms with Gasteiger partial charge < -0.3 is 9.47 Å². The highest BCUT2D eigenvalue weighted by Gasteiger charge is 2.11. The molecular formula is C13H20O2. The molecule has 0 radical (unpaired) electrons. The van der Waals surface area contributed by atoms with Crippen LogP contribution in [0.4, 0.5) is 0 Å². The molecule has 84 valence electrons. The molecule has 0 amide bonds. The third kappa shape index (κ3) is 3.05. The van der Waals surface area contributed by atoms with Crippen molar-refractivity contribution in [2.75, 3.05) is 14.2 Å². The molecule has 0 aliphatic rings. The average molecular weight is 208 g/mol. The number of methoxy groups -OCH3 is 2. The second kappa shape index (κ2) is 5.29. The molecule has 0 saturated heterocycles. The summed E-state index contributed by atoms with van der Waals surface area (Å²) in [6.07, 6.45) is 0.662. The van der Waals surface area contributed by atoms with Gasteiger partial charge in [-0.15, -0.1) is 0 Å². The van der Waals surface area contributed by atoms with Crippen LogP contribution in [0.25, 0.3) is 0 Å². The van der Waals surface area contributed by atoms with Crippen molar-refractivity contribution in [2.24, 2.45) is 0 Å². The van der Waals surface area contributed by atoms with Crippen LogP contribution in [0.3, 0.4) is 0 Å². The minimum absolute atomic E-state index is 0.148. The van der Waals surface area contributed by atoms with Crippen molar-refractivity contribution in [1.29, 1.82) is 0 Å². The van der Waals surface area contributed by atoms with E-state index in [1.165, 1.54) is 22.3 Å². The maximum absolute atomic E-state index is 5.22. The van der Waals surface area contributed by atoms with E-state index >= 15 is 0 Å². The normalized spacial score (nSPS) is 11.1. The molecule has 0 spiro atoms. The molecule has 0 atom stereocenters. The van der Waals surface area contributed by atoms with Crippen molar-refractivity contribution in [3.05, 3.63) is 34.4 Å². The lowest BCUT2D eigenvalue weighted by molar-refractivity contribution is -0.100. The number of benzene rings is 1. The molecule has 0 bridgehead atoms. The Kier molecular flexibility index (Phi) is 4.30. The quantitative estimate of drug-likeness (QED) is 0.708. The van der Waals surface area contributed by atoms with Crippen LogP contribution in [0.2, 0.25) is 0 Å². The molecular weight excluding hydrogens is 188 g/mol. The van der Waals surface area contributed by atoms with E-state index in [1.807, 2.05) is 0 Å². The second-order valence-electron chi connectivity index (χ2n) is 3.98. The Morgan fingerprint density at radius 2 is 1.47 bits per heavy atom. The van der Waals surface area contributed by atoms with Gasteiger partial charge in [0.1, 0.15) is 0 Å². The van der Waals surface area contributed by atoms with Gasteiger partial charge in [-0.2, -0.15) is 0 Å². The number of hydrogen-bond donors (Lipinski definition) is 0. The highest BCUT2D eigenvalue weighted by molar-refractivity contribution is 5.37. The number of hydrogen-bond acceptors (Lipinski definition) is 2. The largest absolute Gasteiger partial charge is 0.356 e. The first-order valence-corrected chi connectivity index (χ1v) is 5.20. The third-order valence-corrected chi connectivity index (χ3v) is 2.74. The van der Waals surface area contributed by atoms with Crippen LogP contribution in [0.5, 0.6) is 0 Å². The van der Waals surface area contributed by atoms with E-state index in [2.05, 4.69) is 32.9 Å². The molecule has 0 unspecified atom stereocenters. The first kappa shape index (κ1) is 12.2. The van der Waals surface area contributed by atoms with Crippen LogP contribution < -0.4 is 0 Å². The monoisotopic (exact) mass is 208 g/mol. The second-order valence-corrected chi connectivity index (χ2v) is 3.98. The Balaban J connectivity index is 2.94. The van der Waals surface area contributed by atoms with Crippen molar-refractivity contribution >= 4 is 0 Å². The van der Waals surface area contributed by atoms with Crippen molar-refractivity contribution in [1.82, 2.24) is 0 Å². The molecule has 0 fully saturated rings. The van der Waals surface area contributed by atoms with Gasteiger partial charge in [-0.05, 0) is 37.5 Å². The predicted molar refractivity (Wildman–Crippen MR) is 62.2 cm³/mol. The van der Waals surface area contributed by atoms with E-state index in [-0.39, 0.29) is 6.29 Å². The summed E-state index contributed by atoms with van der Waals surface area (Å²) < 4.78 is 10.4. The van der Waals surface area contributed by atoms with Gasteiger partial charge in [-0.3, -0.25) is 0 Å². The van der Waals surface area contributed by atoms with Crippen LogP contribution in [-0.2, 0) is 15.9 Å². The molecule has 0 aliphatic heterocycles. The Morgan fingerprint density at radius 3 is 1.87 bits per heavy atom. The van der Waals surface area contributed by atoms with E-state index in [1.54, 1.807) is 14.2 Å². The molecule has 1 rings (SSSR count). The summed E-state index contributed by atoms with van der Waals surface area (Å²) in [7, 11) is 3.35. The van der Waals surface area contributed by atoms with E-state index in [4.69, 9.17) is 9.47 Å². The maximum atomic E-state index is 5.22. The number of rotatable bonds is 4. The van der Waals surface area contributed by atoms with Crippen LogP contribution in [0.15, 0.2) is 12.1 Å². The Bertz CT molecular complexity index is 304. The molecule has 2 nitrogen and oxygen atoms in total. The molecule has 0 N–H and O–H groups in total.